The van der Waals surface area contributed by atoms with Gasteiger partial charge in [0.25, 0.3) is 11.8 Å². The number of hydrogen-bond donors (Lipinski definition) is 2. The van der Waals surface area contributed by atoms with E-state index in [9.17, 15) is 40.3 Å². The lowest BCUT2D eigenvalue weighted by atomic mass is 10.1. The fourth-order valence-electron chi connectivity index (χ4n) is 3.94. The van der Waals surface area contributed by atoms with Crippen LogP contribution < -0.4 is 10.6 Å². The minimum Gasteiger partial charge on any atom is -0.370 e. The Labute approximate surface area is 239 Å². The summed E-state index contributed by atoms with van der Waals surface area (Å²) >= 11 is 0. The zero-order chi connectivity index (χ0) is 31.2. The Morgan fingerprint density at radius 2 is 1.53 bits per heavy atom. The third-order valence-corrected chi connectivity index (χ3v) is 5.96. The summed E-state index contributed by atoms with van der Waals surface area (Å²) in [4.78, 5) is 25.1. The summed E-state index contributed by atoms with van der Waals surface area (Å²) in [6, 6.07) is 16.0. The SMILES string of the molecule is O=C(NCC(F)(F)F)c1ccc(-n2nnc(C(=O)NCc3cc(F)ccc3C(F)(F)F)c2COCc2ccccc2)cc1. The molecule has 0 aliphatic rings. The number of nitrogens with one attached hydrogen (secondary N) is 2. The number of rotatable bonds is 10. The first-order valence-electron chi connectivity index (χ1n) is 12.5. The molecule has 0 fully saturated rings. The lowest BCUT2D eigenvalue weighted by molar-refractivity contribution is -0.138. The Balaban J connectivity index is 1.57. The highest BCUT2D eigenvalue weighted by Crippen LogP contribution is 2.32. The summed E-state index contributed by atoms with van der Waals surface area (Å²) in [6.45, 7) is -2.32. The second-order valence-electron chi connectivity index (χ2n) is 9.10. The van der Waals surface area contributed by atoms with Gasteiger partial charge in [-0.3, -0.25) is 9.59 Å². The van der Waals surface area contributed by atoms with Crippen LogP contribution in [0.4, 0.5) is 30.7 Å². The van der Waals surface area contributed by atoms with E-state index in [0.29, 0.717) is 18.2 Å². The van der Waals surface area contributed by atoms with E-state index in [2.05, 4.69) is 15.6 Å². The van der Waals surface area contributed by atoms with E-state index in [4.69, 9.17) is 4.74 Å². The van der Waals surface area contributed by atoms with Crippen LogP contribution in [0.2, 0.25) is 0 Å². The van der Waals surface area contributed by atoms with Crippen molar-refractivity contribution in [2.45, 2.75) is 32.1 Å². The number of amides is 2. The van der Waals surface area contributed by atoms with Crippen molar-refractivity contribution in [3.8, 4) is 5.69 Å². The van der Waals surface area contributed by atoms with Gasteiger partial charge in [0.2, 0.25) is 0 Å². The number of aromatic nitrogens is 3. The van der Waals surface area contributed by atoms with Crippen molar-refractivity contribution in [2.75, 3.05) is 6.54 Å². The maximum absolute atomic E-state index is 13.7. The lowest BCUT2D eigenvalue weighted by Gasteiger charge is -2.14. The first-order chi connectivity index (χ1) is 20.3. The zero-order valence-corrected chi connectivity index (χ0v) is 22.0. The number of carbonyl (C=O) groups is 2. The smallest absolute Gasteiger partial charge is 0.370 e. The molecule has 0 aliphatic heterocycles. The fraction of sp³-hybridized carbons (Fsp3) is 0.214. The van der Waals surface area contributed by atoms with Crippen molar-refractivity contribution in [1.29, 1.82) is 0 Å². The number of carbonyl (C=O) groups excluding carboxylic acids is 2. The molecule has 0 saturated heterocycles. The van der Waals surface area contributed by atoms with Gasteiger partial charge in [-0.2, -0.15) is 26.3 Å². The Bertz CT molecular complexity index is 1570. The molecule has 0 spiro atoms. The minimum absolute atomic E-state index is 0.0801. The highest BCUT2D eigenvalue weighted by molar-refractivity contribution is 5.94. The first-order valence-corrected chi connectivity index (χ1v) is 12.5. The van der Waals surface area contributed by atoms with E-state index in [1.54, 1.807) is 35.6 Å². The molecule has 0 unspecified atom stereocenters. The molecule has 1 aromatic heterocycles. The van der Waals surface area contributed by atoms with E-state index in [-0.39, 0.29) is 35.9 Å². The second kappa shape index (κ2) is 13.0. The molecule has 43 heavy (non-hydrogen) atoms. The first kappa shape index (κ1) is 31.2. The molecular weight excluding hydrogens is 587 g/mol. The molecular formula is C28H22F7N5O3. The van der Waals surface area contributed by atoms with E-state index >= 15 is 0 Å². The van der Waals surface area contributed by atoms with Gasteiger partial charge in [0, 0.05) is 12.1 Å². The van der Waals surface area contributed by atoms with Gasteiger partial charge in [0.1, 0.15) is 18.1 Å². The largest absolute Gasteiger partial charge is 0.416 e. The van der Waals surface area contributed by atoms with Crippen molar-refractivity contribution < 1.29 is 45.1 Å². The summed E-state index contributed by atoms with van der Waals surface area (Å²) in [5.74, 6) is -2.82. The summed E-state index contributed by atoms with van der Waals surface area (Å²) < 4.78 is 98.1. The van der Waals surface area contributed by atoms with Gasteiger partial charge < -0.3 is 15.4 Å². The van der Waals surface area contributed by atoms with Crippen LogP contribution in [-0.4, -0.2) is 39.5 Å². The Morgan fingerprint density at radius 3 is 2.19 bits per heavy atom. The topological polar surface area (TPSA) is 98.1 Å². The summed E-state index contributed by atoms with van der Waals surface area (Å²) in [5.41, 5.74) is -0.876. The molecule has 226 valence electrons. The van der Waals surface area contributed by atoms with Crippen LogP contribution in [0.1, 0.15) is 43.2 Å². The maximum Gasteiger partial charge on any atom is 0.416 e. The van der Waals surface area contributed by atoms with Crippen molar-refractivity contribution in [2.24, 2.45) is 0 Å². The van der Waals surface area contributed by atoms with Crippen molar-refractivity contribution in [3.63, 3.8) is 0 Å². The van der Waals surface area contributed by atoms with E-state index in [1.807, 2.05) is 0 Å². The molecule has 2 amide bonds. The van der Waals surface area contributed by atoms with Gasteiger partial charge in [0.15, 0.2) is 5.69 Å². The summed E-state index contributed by atoms with van der Waals surface area (Å²) in [5, 5.41) is 11.8. The van der Waals surface area contributed by atoms with Crippen LogP contribution in [0.25, 0.3) is 5.69 Å². The fourth-order valence-corrected chi connectivity index (χ4v) is 3.94. The van der Waals surface area contributed by atoms with E-state index in [1.165, 1.54) is 28.9 Å². The number of benzene rings is 3. The summed E-state index contributed by atoms with van der Waals surface area (Å²) in [7, 11) is 0. The molecule has 0 aliphatic carbocycles. The molecule has 4 rings (SSSR count). The Hall–Kier alpha value is -4.79. The highest BCUT2D eigenvalue weighted by Gasteiger charge is 2.33. The molecule has 3 aromatic carbocycles. The standard InChI is InChI=1S/C28H22F7N5O3/c29-20-8-11-22(28(33,34)35)19(12-20)13-36-26(42)24-23(15-43-14-17-4-2-1-3-5-17)40(39-38-24)21-9-6-18(7-10-21)25(41)37-16-27(30,31)32/h1-12H,13-16H2,(H,36,42)(H,37,41). The number of nitrogens with zero attached hydrogens (tertiary/aromatic N) is 3. The quantitative estimate of drug-likeness (QED) is 0.236. The number of halogens is 7. The van der Waals surface area contributed by atoms with Crippen LogP contribution in [0.3, 0.4) is 0 Å². The molecule has 0 bridgehead atoms. The number of hydrogen-bond acceptors (Lipinski definition) is 5. The van der Waals surface area contributed by atoms with Gasteiger partial charge in [-0.15, -0.1) is 5.10 Å². The maximum atomic E-state index is 13.7. The summed E-state index contributed by atoms with van der Waals surface area (Å²) in [6.07, 6.45) is -9.38. The molecule has 15 heteroatoms. The third kappa shape index (κ3) is 8.38. The predicted molar refractivity (Wildman–Crippen MR) is 137 cm³/mol. The van der Waals surface area contributed by atoms with Crippen LogP contribution in [0.5, 0.6) is 0 Å². The molecule has 0 atom stereocenters. The minimum atomic E-state index is -4.79. The van der Waals surface area contributed by atoms with Gasteiger partial charge in [0.05, 0.1) is 24.5 Å². The van der Waals surface area contributed by atoms with Crippen LogP contribution in [0, 0.1) is 5.82 Å². The highest BCUT2D eigenvalue weighted by atomic mass is 19.4. The van der Waals surface area contributed by atoms with E-state index in [0.717, 1.165) is 5.56 Å². The molecule has 1 heterocycles. The van der Waals surface area contributed by atoms with E-state index < -0.39 is 54.2 Å². The monoisotopic (exact) mass is 609 g/mol. The van der Waals surface area contributed by atoms with Crippen molar-refractivity contribution in [3.05, 3.63) is 112 Å². The predicted octanol–water partition coefficient (Wildman–Crippen LogP) is 5.36. The number of ether oxygens (including phenoxy) is 1. The number of alkyl halides is 6. The average Bonchev–Trinajstić information content (AvgIpc) is 3.38. The van der Waals surface area contributed by atoms with Gasteiger partial charge in [-0.25, -0.2) is 9.07 Å². The van der Waals surface area contributed by atoms with Crippen LogP contribution in [0.15, 0.2) is 72.8 Å². The van der Waals surface area contributed by atoms with Crippen LogP contribution in [-0.2, 0) is 30.7 Å². The van der Waals surface area contributed by atoms with Crippen molar-refractivity contribution >= 4 is 11.8 Å². The van der Waals surface area contributed by atoms with Gasteiger partial charge in [-0.05, 0) is 53.6 Å². The lowest BCUT2D eigenvalue weighted by Crippen LogP contribution is -2.33. The van der Waals surface area contributed by atoms with Crippen LogP contribution >= 0.6 is 0 Å². The van der Waals surface area contributed by atoms with Gasteiger partial charge >= 0.3 is 12.4 Å². The normalized spacial score (nSPS) is 11.8. The van der Waals surface area contributed by atoms with Crippen molar-refractivity contribution in [1.82, 2.24) is 25.6 Å². The average molecular weight is 610 g/mol. The third-order valence-electron chi connectivity index (χ3n) is 5.96. The zero-order valence-electron chi connectivity index (χ0n) is 22.0. The molecule has 2 N–H and O–H groups in total. The van der Waals surface area contributed by atoms with Gasteiger partial charge in [-0.1, -0.05) is 35.5 Å². The Morgan fingerprint density at radius 1 is 0.837 bits per heavy atom. The molecule has 0 radical (unpaired) electrons. The second-order valence-corrected chi connectivity index (χ2v) is 9.10. The molecule has 4 aromatic rings. The molecule has 0 saturated carbocycles. The molecule has 8 nitrogen and oxygen atoms in total. The Kier molecular flexibility index (Phi) is 9.43.